The van der Waals surface area contributed by atoms with E-state index in [1.807, 2.05) is 0 Å². The highest BCUT2D eigenvalue weighted by Gasteiger charge is 2.20. The van der Waals surface area contributed by atoms with Crippen LogP contribution in [0.2, 0.25) is 0 Å². The fourth-order valence-corrected chi connectivity index (χ4v) is 3.08. The number of piperazine rings is 1. The summed E-state index contributed by atoms with van der Waals surface area (Å²) in [5.74, 6) is 0. The third-order valence-electron chi connectivity index (χ3n) is 2.93. The van der Waals surface area contributed by atoms with E-state index < -0.39 is 0 Å². The molecular weight excluding hydrogens is 196 g/mol. The van der Waals surface area contributed by atoms with Crippen molar-refractivity contribution in [2.75, 3.05) is 46.4 Å². The van der Waals surface area contributed by atoms with Gasteiger partial charge < -0.3 is 9.64 Å². The quantitative estimate of drug-likeness (QED) is 0.641. The molecule has 82 valence electrons. The number of hydrogen-bond donors (Lipinski definition) is 0. The van der Waals surface area contributed by atoms with Crippen molar-refractivity contribution in [1.82, 2.24) is 9.21 Å². The second kappa shape index (κ2) is 5.35. The van der Waals surface area contributed by atoms with E-state index in [2.05, 4.69) is 28.2 Å². The summed E-state index contributed by atoms with van der Waals surface area (Å²) in [6, 6.07) is 0. The summed E-state index contributed by atoms with van der Waals surface area (Å²) in [5, 5.41) is 0.812. The molecule has 0 aromatic carbocycles. The van der Waals surface area contributed by atoms with Crippen LogP contribution in [0.4, 0.5) is 0 Å². The van der Waals surface area contributed by atoms with E-state index in [0.29, 0.717) is 0 Å². The van der Waals surface area contributed by atoms with Crippen LogP contribution in [-0.2, 0) is 4.74 Å². The van der Waals surface area contributed by atoms with E-state index in [-0.39, 0.29) is 0 Å². The average molecular weight is 216 g/mol. The normalized spacial score (nSPS) is 28.1. The molecule has 2 heterocycles. The van der Waals surface area contributed by atoms with Gasteiger partial charge >= 0.3 is 0 Å². The van der Waals surface area contributed by atoms with Crippen LogP contribution in [0, 0.1) is 0 Å². The van der Waals surface area contributed by atoms with Gasteiger partial charge in [0.05, 0.1) is 0 Å². The number of ether oxygens (including phenoxy) is 1. The van der Waals surface area contributed by atoms with Crippen LogP contribution in [0.25, 0.3) is 0 Å². The fraction of sp³-hybridized carbons (Fsp3) is 1.00. The van der Waals surface area contributed by atoms with Crippen LogP contribution < -0.4 is 0 Å². The lowest BCUT2D eigenvalue weighted by atomic mass is 10.2. The van der Waals surface area contributed by atoms with E-state index in [1.165, 1.54) is 39.0 Å². The standard InChI is InChI=1S/C10H20N2OS/c1-11-4-6-12(7-5-11)14-10-2-8-13-9-3-10/h10H,2-9H2,1H3. The van der Waals surface area contributed by atoms with E-state index >= 15 is 0 Å². The molecule has 2 saturated heterocycles. The fourth-order valence-electron chi connectivity index (χ4n) is 1.89. The Morgan fingerprint density at radius 2 is 1.71 bits per heavy atom. The summed E-state index contributed by atoms with van der Waals surface area (Å²) >= 11 is 2.07. The first-order valence-corrected chi connectivity index (χ1v) is 6.36. The van der Waals surface area contributed by atoms with Gasteiger partial charge in [-0.1, -0.05) is 11.9 Å². The first kappa shape index (κ1) is 10.7. The highest BCUT2D eigenvalue weighted by molar-refractivity contribution is 7.97. The van der Waals surface area contributed by atoms with Gasteiger partial charge in [0.1, 0.15) is 0 Å². The monoisotopic (exact) mass is 216 g/mol. The highest BCUT2D eigenvalue weighted by Crippen LogP contribution is 2.26. The van der Waals surface area contributed by atoms with Gasteiger partial charge in [-0.3, -0.25) is 0 Å². The third-order valence-corrected chi connectivity index (χ3v) is 4.36. The summed E-state index contributed by atoms with van der Waals surface area (Å²) < 4.78 is 7.90. The predicted molar refractivity (Wildman–Crippen MR) is 60.5 cm³/mol. The number of likely N-dealkylation sites (N-methyl/N-ethyl adjacent to an activating group) is 1. The second-order valence-corrected chi connectivity index (χ2v) is 5.54. The van der Waals surface area contributed by atoms with Gasteiger partial charge in [-0.15, -0.1) is 0 Å². The van der Waals surface area contributed by atoms with Crippen molar-refractivity contribution in [3.05, 3.63) is 0 Å². The smallest absolute Gasteiger partial charge is 0.0477 e. The molecule has 0 aromatic heterocycles. The van der Waals surface area contributed by atoms with E-state index in [1.54, 1.807) is 0 Å². The van der Waals surface area contributed by atoms with Crippen LogP contribution in [0.1, 0.15) is 12.8 Å². The lowest BCUT2D eigenvalue weighted by Gasteiger charge is -2.34. The van der Waals surface area contributed by atoms with E-state index in [0.717, 1.165) is 18.5 Å². The van der Waals surface area contributed by atoms with Crippen molar-refractivity contribution in [1.29, 1.82) is 0 Å². The molecular formula is C10H20N2OS. The maximum atomic E-state index is 5.37. The topological polar surface area (TPSA) is 15.7 Å². The highest BCUT2D eigenvalue weighted by atomic mass is 32.2. The molecule has 14 heavy (non-hydrogen) atoms. The summed E-state index contributed by atoms with van der Waals surface area (Å²) in [4.78, 5) is 2.40. The molecule has 0 amide bonds. The van der Waals surface area contributed by atoms with Gasteiger partial charge in [0.25, 0.3) is 0 Å². The predicted octanol–water partition coefficient (Wildman–Crippen LogP) is 1.06. The molecule has 2 rings (SSSR count). The minimum absolute atomic E-state index is 0.812. The second-order valence-electron chi connectivity index (χ2n) is 4.15. The zero-order valence-corrected chi connectivity index (χ0v) is 9.76. The first-order chi connectivity index (χ1) is 6.84. The zero-order valence-electron chi connectivity index (χ0n) is 8.95. The molecule has 3 nitrogen and oxygen atoms in total. The Hall–Kier alpha value is 0.230. The Morgan fingerprint density at radius 1 is 1.07 bits per heavy atom. The van der Waals surface area contributed by atoms with E-state index in [9.17, 15) is 0 Å². The molecule has 2 fully saturated rings. The SMILES string of the molecule is CN1CCN(SC2CCOCC2)CC1. The molecule has 0 aliphatic carbocycles. The third kappa shape index (κ3) is 3.12. The van der Waals surface area contributed by atoms with Crippen molar-refractivity contribution >= 4 is 11.9 Å². The minimum Gasteiger partial charge on any atom is -0.381 e. The molecule has 4 heteroatoms. The number of rotatable bonds is 2. The van der Waals surface area contributed by atoms with Crippen molar-refractivity contribution in [2.45, 2.75) is 18.1 Å². The molecule has 0 spiro atoms. The van der Waals surface area contributed by atoms with Gasteiger partial charge in [0.15, 0.2) is 0 Å². The van der Waals surface area contributed by atoms with Gasteiger partial charge in [-0.2, -0.15) is 0 Å². The summed E-state index contributed by atoms with van der Waals surface area (Å²) in [5.41, 5.74) is 0. The number of hydrogen-bond acceptors (Lipinski definition) is 4. The molecule has 0 N–H and O–H groups in total. The Balaban J connectivity index is 1.68. The maximum absolute atomic E-state index is 5.37. The van der Waals surface area contributed by atoms with Crippen LogP contribution in [0.15, 0.2) is 0 Å². The van der Waals surface area contributed by atoms with Gasteiger partial charge in [0, 0.05) is 44.6 Å². The van der Waals surface area contributed by atoms with Crippen LogP contribution in [-0.4, -0.2) is 60.9 Å². The van der Waals surface area contributed by atoms with Crippen molar-refractivity contribution in [2.24, 2.45) is 0 Å². The van der Waals surface area contributed by atoms with Gasteiger partial charge in [-0.05, 0) is 19.9 Å². The lowest BCUT2D eigenvalue weighted by molar-refractivity contribution is 0.0991. The Kier molecular flexibility index (Phi) is 4.10. The zero-order chi connectivity index (χ0) is 9.80. The summed E-state index contributed by atoms with van der Waals surface area (Å²) in [7, 11) is 2.20. The van der Waals surface area contributed by atoms with Crippen molar-refractivity contribution in [3.8, 4) is 0 Å². The summed E-state index contributed by atoms with van der Waals surface area (Å²) in [6.45, 7) is 6.81. The Labute approximate surface area is 90.9 Å². The molecule has 0 saturated carbocycles. The molecule has 0 aromatic rings. The van der Waals surface area contributed by atoms with Crippen LogP contribution in [0.3, 0.4) is 0 Å². The first-order valence-electron chi connectivity index (χ1n) is 5.52. The Bertz CT molecular complexity index is 166. The maximum Gasteiger partial charge on any atom is 0.0477 e. The number of nitrogens with zero attached hydrogens (tertiary/aromatic N) is 2. The van der Waals surface area contributed by atoms with E-state index in [4.69, 9.17) is 4.74 Å². The molecule has 0 unspecified atom stereocenters. The minimum atomic E-state index is 0.812. The van der Waals surface area contributed by atoms with Crippen molar-refractivity contribution < 1.29 is 4.74 Å². The Morgan fingerprint density at radius 3 is 2.36 bits per heavy atom. The largest absolute Gasteiger partial charge is 0.381 e. The average Bonchev–Trinajstić information content (AvgIpc) is 2.23. The van der Waals surface area contributed by atoms with Crippen molar-refractivity contribution in [3.63, 3.8) is 0 Å². The van der Waals surface area contributed by atoms with Gasteiger partial charge in [-0.25, -0.2) is 4.31 Å². The molecule has 2 aliphatic rings. The molecule has 0 radical (unpaired) electrons. The van der Waals surface area contributed by atoms with Crippen LogP contribution >= 0.6 is 11.9 Å². The van der Waals surface area contributed by atoms with Crippen LogP contribution in [0.5, 0.6) is 0 Å². The van der Waals surface area contributed by atoms with Gasteiger partial charge in [0.2, 0.25) is 0 Å². The molecule has 0 atom stereocenters. The molecule has 2 aliphatic heterocycles. The molecule has 0 bridgehead atoms. The summed E-state index contributed by atoms with van der Waals surface area (Å²) in [6.07, 6.45) is 2.47. The lowest BCUT2D eigenvalue weighted by Crippen LogP contribution is -2.42.